The van der Waals surface area contributed by atoms with E-state index in [1.807, 2.05) is 6.92 Å². The van der Waals surface area contributed by atoms with Crippen molar-refractivity contribution < 1.29 is 24.0 Å². The summed E-state index contributed by atoms with van der Waals surface area (Å²) >= 11 is 0. The summed E-state index contributed by atoms with van der Waals surface area (Å²) in [4.78, 5) is 37.9. The van der Waals surface area contributed by atoms with E-state index < -0.39 is 29.9 Å². The number of alkyl halides is 1. The molecule has 25 heavy (non-hydrogen) atoms. The zero-order chi connectivity index (χ0) is 19.0. The molecule has 1 heterocycles. The van der Waals surface area contributed by atoms with Gasteiger partial charge in [0.2, 0.25) is 11.8 Å². The van der Waals surface area contributed by atoms with E-state index in [9.17, 15) is 18.8 Å². The smallest absolute Gasteiger partial charge is 0.278 e. The van der Waals surface area contributed by atoms with Gasteiger partial charge in [-0.1, -0.05) is 31.9 Å². The SMILES string of the molecule is C=C(C)CNC(=O)C1CCCN1C(=O)[C@H](CCCC)[C@H](F)C(=O)NO. The van der Waals surface area contributed by atoms with Crippen LogP contribution in [0.4, 0.5) is 4.39 Å². The van der Waals surface area contributed by atoms with Gasteiger partial charge in [-0.15, -0.1) is 0 Å². The molecule has 3 atom stereocenters. The van der Waals surface area contributed by atoms with Crippen molar-refractivity contribution in [3.8, 4) is 0 Å². The molecule has 0 spiro atoms. The van der Waals surface area contributed by atoms with Crippen LogP contribution >= 0.6 is 0 Å². The van der Waals surface area contributed by atoms with Crippen LogP contribution in [0.3, 0.4) is 0 Å². The van der Waals surface area contributed by atoms with E-state index in [1.165, 1.54) is 10.4 Å². The van der Waals surface area contributed by atoms with Crippen LogP contribution in [0, 0.1) is 5.92 Å². The molecule has 0 aromatic carbocycles. The number of hydrogen-bond donors (Lipinski definition) is 3. The highest BCUT2D eigenvalue weighted by Crippen LogP contribution is 2.25. The molecule has 3 N–H and O–H groups in total. The standard InChI is InChI=1S/C17H28FN3O4/c1-4-5-7-12(14(18)16(23)20-25)17(24)21-9-6-8-13(21)15(22)19-10-11(2)3/h12-14,25H,2,4-10H2,1,3H3,(H,19,22)(H,20,23)/t12-,13?,14+/m1/s1. The van der Waals surface area contributed by atoms with Gasteiger partial charge in [0.05, 0.1) is 5.92 Å². The molecule has 0 radical (unpaired) electrons. The fourth-order valence-corrected chi connectivity index (χ4v) is 2.94. The van der Waals surface area contributed by atoms with E-state index in [0.29, 0.717) is 32.4 Å². The Morgan fingerprint density at radius 3 is 2.64 bits per heavy atom. The quantitative estimate of drug-likeness (QED) is 0.329. The molecule has 1 fully saturated rings. The Balaban J connectivity index is 2.87. The van der Waals surface area contributed by atoms with Gasteiger partial charge in [-0.3, -0.25) is 19.6 Å². The molecule has 3 amide bonds. The molecule has 0 saturated carbocycles. The minimum absolute atomic E-state index is 0.181. The number of carbonyl (C=O) groups is 3. The molecule has 1 unspecified atom stereocenters. The van der Waals surface area contributed by atoms with Crippen LogP contribution in [0.5, 0.6) is 0 Å². The first-order valence-electron chi connectivity index (χ1n) is 8.64. The van der Waals surface area contributed by atoms with Crippen molar-refractivity contribution in [1.29, 1.82) is 0 Å². The van der Waals surface area contributed by atoms with E-state index in [2.05, 4.69) is 11.9 Å². The van der Waals surface area contributed by atoms with Gasteiger partial charge >= 0.3 is 0 Å². The van der Waals surface area contributed by atoms with Crippen molar-refractivity contribution >= 4 is 17.7 Å². The van der Waals surface area contributed by atoms with E-state index in [-0.39, 0.29) is 12.3 Å². The number of halogens is 1. The van der Waals surface area contributed by atoms with E-state index >= 15 is 0 Å². The average molecular weight is 357 g/mol. The van der Waals surface area contributed by atoms with Crippen LogP contribution in [0.15, 0.2) is 12.2 Å². The second kappa shape index (κ2) is 10.1. The van der Waals surface area contributed by atoms with Gasteiger partial charge in [-0.05, 0) is 26.2 Å². The maximum Gasteiger partial charge on any atom is 0.278 e. The molecule has 1 rings (SSSR count). The lowest BCUT2D eigenvalue weighted by molar-refractivity contribution is -0.149. The number of rotatable bonds is 9. The molecular formula is C17H28FN3O4. The number of nitrogens with zero attached hydrogens (tertiary/aromatic N) is 1. The average Bonchev–Trinajstić information content (AvgIpc) is 3.08. The Labute approximate surface area is 147 Å². The number of hydrogen-bond acceptors (Lipinski definition) is 4. The zero-order valence-electron chi connectivity index (χ0n) is 14.9. The third-order valence-corrected chi connectivity index (χ3v) is 4.30. The molecule has 0 aliphatic carbocycles. The van der Waals surface area contributed by atoms with Crippen LogP contribution in [0.25, 0.3) is 0 Å². The summed E-state index contributed by atoms with van der Waals surface area (Å²) in [6.45, 7) is 8.04. The van der Waals surface area contributed by atoms with Crippen molar-refractivity contribution in [3.05, 3.63) is 12.2 Å². The van der Waals surface area contributed by atoms with E-state index in [0.717, 1.165) is 12.0 Å². The van der Waals surface area contributed by atoms with Gasteiger partial charge in [0.1, 0.15) is 6.04 Å². The highest BCUT2D eigenvalue weighted by atomic mass is 19.1. The van der Waals surface area contributed by atoms with Gasteiger partial charge in [-0.2, -0.15) is 0 Å². The molecule has 8 heteroatoms. The van der Waals surface area contributed by atoms with Crippen LogP contribution < -0.4 is 10.8 Å². The van der Waals surface area contributed by atoms with Gasteiger partial charge < -0.3 is 10.2 Å². The van der Waals surface area contributed by atoms with Crippen molar-refractivity contribution in [3.63, 3.8) is 0 Å². The molecule has 1 saturated heterocycles. The van der Waals surface area contributed by atoms with Gasteiger partial charge in [0.25, 0.3) is 5.91 Å². The summed E-state index contributed by atoms with van der Waals surface area (Å²) < 4.78 is 14.3. The number of carbonyl (C=O) groups excluding carboxylic acids is 3. The maximum absolute atomic E-state index is 14.3. The lowest BCUT2D eigenvalue weighted by Crippen LogP contribution is -2.51. The normalized spacial score (nSPS) is 19.2. The third-order valence-electron chi connectivity index (χ3n) is 4.30. The number of likely N-dealkylation sites (tertiary alicyclic amines) is 1. The first-order chi connectivity index (χ1) is 11.8. The van der Waals surface area contributed by atoms with Crippen molar-refractivity contribution in [2.45, 2.75) is 58.2 Å². The van der Waals surface area contributed by atoms with Crippen LogP contribution in [-0.2, 0) is 14.4 Å². The topological polar surface area (TPSA) is 98.7 Å². The number of amides is 3. The second-order valence-corrected chi connectivity index (χ2v) is 6.49. The monoisotopic (exact) mass is 357 g/mol. The second-order valence-electron chi connectivity index (χ2n) is 6.49. The molecule has 142 valence electrons. The summed E-state index contributed by atoms with van der Waals surface area (Å²) in [6, 6.07) is -0.666. The molecule has 1 aliphatic heterocycles. The van der Waals surface area contributed by atoms with Crippen LogP contribution in [-0.4, -0.2) is 53.1 Å². The largest absolute Gasteiger partial charge is 0.351 e. The summed E-state index contributed by atoms with van der Waals surface area (Å²) in [6.07, 6.45) is 0.470. The fourth-order valence-electron chi connectivity index (χ4n) is 2.94. The Bertz CT molecular complexity index is 512. The Morgan fingerprint density at radius 1 is 1.40 bits per heavy atom. The number of nitrogens with one attached hydrogen (secondary N) is 2. The van der Waals surface area contributed by atoms with Crippen molar-refractivity contribution in [1.82, 2.24) is 15.7 Å². The first kappa shape index (κ1) is 21.1. The van der Waals surface area contributed by atoms with Crippen LogP contribution in [0.2, 0.25) is 0 Å². The third kappa shape index (κ3) is 5.81. The van der Waals surface area contributed by atoms with Gasteiger partial charge in [0, 0.05) is 13.1 Å². The van der Waals surface area contributed by atoms with Crippen molar-refractivity contribution in [2.24, 2.45) is 5.92 Å². The molecule has 0 aromatic rings. The fraction of sp³-hybridized carbons (Fsp3) is 0.706. The zero-order valence-corrected chi connectivity index (χ0v) is 14.9. The minimum atomic E-state index is -2.15. The maximum atomic E-state index is 14.3. The summed E-state index contributed by atoms with van der Waals surface area (Å²) in [5, 5.41) is 11.4. The highest BCUT2D eigenvalue weighted by molar-refractivity contribution is 5.92. The Hall–Kier alpha value is -1.96. The highest BCUT2D eigenvalue weighted by Gasteiger charge is 2.41. The number of hydroxylamine groups is 1. The molecule has 7 nitrogen and oxygen atoms in total. The molecule has 0 aromatic heterocycles. The molecule has 1 aliphatic rings. The van der Waals surface area contributed by atoms with Gasteiger partial charge in [0.15, 0.2) is 6.17 Å². The molecule has 0 bridgehead atoms. The lowest BCUT2D eigenvalue weighted by Gasteiger charge is -2.29. The van der Waals surface area contributed by atoms with E-state index in [4.69, 9.17) is 5.21 Å². The summed E-state index contributed by atoms with van der Waals surface area (Å²) in [5.41, 5.74) is 2.05. The predicted octanol–water partition coefficient (Wildman–Crippen LogP) is 1.32. The Morgan fingerprint density at radius 2 is 2.08 bits per heavy atom. The molecular weight excluding hydrogens is 329 g/mol. The number of unbranched alkanes of at least 4 members (excludes halogenated alkanes) is 1. The van der Waals surface area contributed by atoms with Crippen molar-refractivity contribution in [2.75, 3.05) is 13.1 Å². The van der Waals surface area contributed by atoms with Crippen LogP contribution in [0.1, 0.15) is 46.0 Å². The summed E-state index contributed by atoms with van der Waals surface area (Å²) in [7, 11) is 0. The lowest BCUT2D eigenvalue weighted by atomic mass is 9.94. The van der Waals surface area contributed by atoms with Gasteiger partial charge in [-0.25, -0.2) is 9.87 Å². The first-order valence-corrected chi connectivity index (χ1v) is 8.64. The minimum Gasteiger partial charge on any atom is -0.351 e. The van der Waals surface area contributed by atoms with E-state index in [1.54, 1.807) is 6.92 Å². The Kier molecular flexibility index (Phi) is 8.54. The predicted molar refractivity (Wildman–Crippen MR) is 90.4 cm³/mol. The summed E-state index contributed by atoms with van der Waals surface area (Å²) in [5.74, 6) is -3.30.